The number of aliphatic carboxylic acids is 1. The van der Waals surface area contributed by atoms with E-state index in [2.05, 4.69) is 123 Å². The van der Waals surface area contributed by atoms with Gasteiger partial charge in [-0.25, -0.2) is 4.79 Å². The Balaban J connectivity index is 4.00. The molecular weight excluding hydrogens is 1200 g/mol. The average Bonchev–Trinajstić information content (AvgIpc) is 2.59. The predicted octanol–water partition coefficient (Wildman–Crippen LogP) is 26.5. The normalized spacial score (nSPS) is 13.2. The van der Waals surface area contributed by atoms with E-state index >= 15 is 0 Å². The van der Waals surface area contributed by atoms with E-state index in [1.807, 2.05) is 21.1 Å². The first kappa shape index (κ1) is 93.0. The highest BCUT2D eigenvalue weighted by Crippen LogP contribution is 2.19. The van der Waals surface area contributed by atoms with Gasteiger partial charge in [-0.15, -0.1) is 0 Å². The third-order valence-corrected chi connectivity index (χ3v) is 18.0. The number of hydrogen-bond donors (Lipinski definition) is 1. The summed E-state index contributed by atoms with van der Waals surface area (Å²) in [6, 6.07) is 0. The van der Waals surface area contributed by atoms with Gasteiger partial charge < -0.3 is 28.5 Å². The number of hydrogen-bond acceptors (Lipinski definition) is 7. The predicted molar refractivity (Wildman–Crippen MR) is 419 cm³/mol. The zero-order valence-electron chi connectivity index (χ0n) is 64.2. The van der Waals surface area contributed by atoms with Crippen molar-refractivity contribution in [1.29, 1.82) is 0 Å². The molecule has 0 bridgehead atoms. The van der Waals surface area contributed by atoms with Crippen molar-refractivity contribution in [2.45, 2.75) is 386 Å². The summed E-state index contributed by atoms with van der Waals surface area (Å²) in [4.78, 5) is 37.8. The smallest absolute Gasteiger partial charge is 0.361 e. The fourth-order valence-corrected chi connectivity index (χ4v) is 11.8. The lowest BCUT2D eigenvalue weighted by atomic mass is 10.0. The molecule has 1 N–H and O–H groups in total. The van der Waals surface area contributed by atoms with E-state index in [1.54, 1.807) is 0 Å². The molecule has 97 heavy (non-hydrogen) atoms. The van der Waals surface area contributed by atoms with Crippen LogP contribution in [0.25, 0.3) is 0 Å². The van der Waals surface area contributed by atoms with Crippen LogP contribution in [0.15, 0.2) is 109 Å². The van der Waals surface area contributed by atoms with E-state index in [9.17, 15) is 19.5 Å². The Morgan fingerprint density at radius 1 is 0.320 bits per heavy atom. The molecule has 2 unspecified atom stereocenters. The first-order valence-corrected chi connectivity index (χ1v) is 41.1. The minimum atomic E-state index is -1.52. The summed E-state index contributed by atoms with van der Waals surface area (Å²) >= 11 is 0. The summed E-state index contributed by atoms with van der Waals surface area (Å²) in [6.45, 7) is 4.79. The van der Waals surface area contributed by atoms with Crippen LogP contribution in [-0.4, -0.2) is 87.4 Å². The Labute approximate surface area is 600 Å². The zero-order chi connectivity index (χ0) is 70.4. The maximum Gasteiger partial charge on any atom is 0.361 e. The maximum absolute atomic E-state index is 13.0. The lowest BCUT2D eigenvalue weighted by Crippen LogP contribution is -2.40. The van der Waals surface area contributed by atoms with Crippen molar-refractivity contribution in [3.8, 4) is 0 Å². The lowest BCUT2D eigenvalue weighted by molar-refractivity contribution is -0.870. The molecule has 0 aliphatic rings. The highest BCUT2D eigenvalue weighted by Gasteiger charge is 2.25. The second-order valence-corrected chi connectivity index (χ2v) is 28.7. The topological polar surface area (TPSA) is 108 Å². The van der Waals surface area contributed by atoms with Crippen LogP contribution in [0, 0.1) is 0 Å². The van der Waals surface area contributed by atoms with Gasteiger partial charge in [0.15, 0.2) is 6.10 Å². The van der Waals surface area contributed by atoms with Crippen LogP contribution in [0.2, 0.25) is 0 Å². The highest BCUT2D eigenvalue weighted by atomic mass is 16.7. The molecule has 560 valence electrons. The second-order valence-electron chi connectivity index (χ2n) is 28.7. The Morgan fingerprint density at radius 3 is 0.876 bits per heavy atom. The van der Waals surface area contributed by atoms with Crippen LogP contribution in [0.5, 0.6) is 0 Å². The van der Waals surface area contributed by atoms with Crippen LogP contribution in [0.4, 0.5) is 0 Å². The number of rotatable bonds is 76. The van der Waals surface area contributed by atoms with E-state index in [0.717, 1.165) is 96.3 Å². The molecule has 0 rings (SSSR count). The van der Waals surface area contributed by atoms with Gasteiger partial charge in [0, 0.05) is 12.8 Å². The molecule has 0 aromatic carbocycles. The van der Waals surface area contributed by atoms with Gasteiger partial charge in [0.25, 0.3) is 6.29 Å². The van der Waals surface area contributed by atoms with Crippen molar-refractivity contribution in [2.75, 3.05) is 47.5 Å². The molecule has 0 spiro atoms. The standard InChI is InChI=1S/C88H155NO8/c1-6-8-10-12-14-16-18-20-22-24-26-28-30-32-34-36-38-40-41-42-43-44-45-47-48-50-52-54-56-58-60-62-64-66-68-70-72-74-76-78-85(90)95-82-84(83-96-88(87(92)93)94-81-80-89(3,4)5)97-86(91)79-77-75-73-71-69-67-65-63-61-59-57-55-53-51-49-46-39-37-35-33-31-29-27-25-23-21-19-17-15-13-11-9-7-2/h9,11,15,17-18,20-21,23-24,26-27,29,33,35,39,46,51,53,84,88H,6-8,10,12-14,16,19,22,25,28,30-32,34,36-38,40-45,47-50,52,54-83H2,1-5H3/p+1/b11-9-,17-15-,20-18-,23-21-,26-24-,29-27-,35-33-,46-39-,53-51-. The zero-order valence-corrected chi connectivity index (χ0v) is 64.2. The van der Waals surface area contributed by atoms with Crippen molar-refractivity contribution >= 4 is 17.9 Å². The van der Waals surface area contributed by atoms with Gasteiger partial charge >= 0.3 is 17.9 Å². The number of carbonyl (C=O) groups is 3. The van der Waals surface area contributed by atoms with E-state index in [0.29, 0.717) is 23.9 Å². The van der Waals surface area contributed by atoms with Gasteiger partial charge in [-0.2, -0.15) is 0 Å². The molecule has 0 aromatic heterocycles. The number of allylic oxidation sites excluding steroid dienone is 18. The number of nitrogens with zero attached hydrogens (tertiary/aromatic N) is 1. The molecule has 0 saturated carbocycles. The molecular formula is C88H156NO8+. The maximum atomic E-state index is 13.0. The number of likely N-dealkylation sites (N-methyl/N-ethyl adjacent to an activating group) is 1. The molecule has 0 amide bonds. The molecule has 0 fully saturated rings. The molecule has 9 heteroatoms. The number of ether oxygens (including phenoxy) is 4. The van der Waals surface area contributed by atoms with Gasteiger partial charge in [-0.3, -0.25) is 9.59 Å². The third-order valence-electron chi connectivity index (χ3n) is 18.0. The Kier molecular flexibility index (Phi) is 74.4. The Morgan fingerprint density at radius 2 is 0.588 bits per heavy atom. The van der Waals surface area contributed by atoms with Gasteiger partial charge in [0.1, 0.15) is 13.2 Å². The van der Waals surface area contributed by atoms with Crippen LogP contribution >= 0.6 is 0 Å². The SMILES string of the molecule is CC/C=C\C/C=C\C/C=C\C/C=C\C/C=C\C/C=C\C/C=C\CCCCCCCCCCCCCC(=O)OC(COC(=O)CCCCCCCCCCCCCCCCCCCCCCCCCCCCC/C=C\C/C=C\CCCCCCC)COC(OCC[N+](C)(C)C)C(=O)O. The van der Waals surface area contributed by atoms with Gasteiger partial charge in [0.05, 0.1) is 34.4 Å². The first-order valence-electron chi connectivity index (χ1n) is 41.1. The largest absolute Gasteiger partial charge is 0.477 e. The van der Waals surface area contributed by atoms with Crippen LogP contribution < -0.4 is 0 Å². The van der Waals surface area contributed by atoms with Crippen molar-refractivity contribution in [2.24, 2.45) is 0 Å². The van der Waals surface area contributed by atoms with Crippen molar-refractivity contribution in [3.05, 3.63) is 109 Å². The van der Waals surface area contributed by atoms with E-state index in [1.165, 1.54) is 244 Å². The summed E-state index contributed by atoms with van der Waals surface area (Å²) in [5.74, 6) is -1.99. The van der Waals surface area contributed by atoms with Gasteiger partial charge in [-0.1, -0.05) is 367 Å². The summed E-state index contributed by atoms with van der Waals surface area (Å²) in [6.07, 6.45) is 107. The minimum Gasteiger partial charge on any atom is -0.477 e. The summed E-state index contributed by atoms with van der Waals surface area (Å²) in [7, 11) is 5.99. The number of esters is 2. The third kappa shape index (κ3) is 79.2. The minimum absolute atomic E-state index is 0.184. The Bertz CT molecular complexity index is 1970. The molecule has 0 aliphatic heterocycles. The van der Waals surface area contributed by atoms with Crippen LogP contribution in [-0.2, 0) is 33.3 Å². The number of quaternary nitrogens is 1. The van der Waals surface area contributed by atoms with Crippen LogP contribution in [0.3, 0.4) is 0 Å². The quantitative estimate of drug-likeness (QED) is 0.0211. The molecule has 0 aromatic rings. The number of carboxylic acids is 1. The highest BCUT2D eigenvalue weighted by molar-refractivity contribution is 5.71. The van der Waals surface area contributed by atoms with E-state index in [4.69, 9.17) is 18.9 Å². The number of carbonyl (C=O) groups excluding carboxylic acids is 2. The number of carboxylic acid groups (broad SMARTS) is 1. The molecule has 2 atom stereocenters. The monoisotopic (exact) mass is 1360 g/mol. The summed E-state index contributed by atoms with van der Waals surface area (Å²) < 4.78 is 23.1. The lowest BCUT2D eigenvalue weighted by Gasteiger charge is -2.25. The van der Waals surface area contributed by atoms with Crippen molar-refractivity contribution < 1.29 is 42.9 Å². The Hall–Kier alpha value is -4.05. The van der Waals surface area contributed by atoms with Gasteiger partial charge in [0.2, 0.25) is 0 Å². The fourth-order valence-electron chi connectivity index (χ4n) is 11.8. The van der Waals surface area contributed by atoms with Crippen molar-refractivity contribution in [1.82, 2.24) is 0 Å². The van der Waals surface area contributed by atoms with Crippen LogP contribution in [0.1, 0.15) is 373 Å². The molecule has 0 radical (unpaired) electrons. The summed E-state index contributed by atoms with van der Waals surface area (Å²) in [5.41, 5.74) is 0. The fraction of sp³-hybridized carbons (Fsp3) is 0.761. The molecule has 0 saturated heterocycles. The second kappa shape index (κ2) is 77.7. The first-order chi connectivity index (χ1) is 47.6. The molecule has 9 nitrogen and oxygen atoms in total. The van der Waals surface area contributed by atoms with E-state index < -0.39 is 24.3 Å². The van der Waals surface area contributed by atoms with E-state index in [-0.39, 0.29) is 32.2 Å². The van der Waals surface area contributed by atoms with Crippen molar-refractivity contribution in [3.63, 3.8) is 0 Å². The number of unbranched alkanes of at least 4 members (excludes halogenated alkanes) is 43. The average molecular weight is 1360 g/mol. The summed E-state index contributed by atoms with van der Waals surface area (Å²) in [5, 5.41) is 9.78. The van der Waals surface area contributed by atoms with Gasteiger partial charge in [-0.05, 0) is 103 Å². The molecule has 0 heterocycles. The molecule has 0 aliphatic carbocycles.